The summed E-state index contributed by atoms with van der Waals surface area (Å²) in [4.78, 5) is 31.4. The summed E-state index contributed by atoms with van der Waals surface area (Å²) in [5, 5.41) is 22.8. The monoisotopic (exact) mass is 623 g/mol. The first-order valence-corrected chi connectivity index (χ1v) is 14.7. The van der Waals surface area contributed by atoms with E-state index in [9.17, 15) is 14.7 Å². The molecule has 1 aliphatic heterocycles. The van der Waals surface area contributed by atoms with Gasteiger partial charge in [-0.05, 0) is 68.1 Å². The molecule has 0 saturated carbocycles. The van der Waals surface area contributed by atoms with Crippen LogP contribution in [0.5, 0.6) is 17.2 Å². The predicted octanol–water partition coefficient (Wildman–Crippen LogP) is 7.69. The van der Waals surface area contributed by atoms with Gasteiger partial charge in [0.1, 0.15) is 33.9 Å². The van der Waals surface area contributed by atoms with E-state index in [1.165, 1.54) is 6.20 Å². The Kier molecular flexibility index (Phi) is 9.53. The van der Waals surface area contributed by atoms with Crippen molar-refractivity contribution in [3.63, 3.8) is 0 Å². The SMILES string of the molecule is CCCCc1cc(NC(=O)Nc2ccc(Oc3ccnc(NC(=O)N4CCCC4)c3)c(Cl)c2Cl)n(-c2ccc(O)cc2)n1. The van der Waals surface area contributed by atoms with Crippen molar-refractivity contribution in [1.29, 1.82) is 0 Å². The molecule has 0 atom stereocenters. The summed E-state index contributed by atoms with van der Waals surface area (Å²) in [6.07, 6.45) is 6.20. The summed E-state index contributed by atoms with van der Waals surface area (Å²) in [6.45, 7) is 3.53. The molecule has 1 aliphatic rings. The largest absolute Gasteiger partial charge is 0.508 e. The molecule has 4 aromatic rings. The summed E-state index contributed by atoms with van der Waals surface area (Å²) in [5.74, 6) is 1.57. The summed E-state index contributed by atoms with van der Waals surface area (Å²) in [6, 6.07) is 13.9. The number of hydrogen-bond donors (Lipinski definition) is 4. The molecule has 43 heavy (non-hydrogen) atoms. The van der Waals surface area contributed by atoms with E-state index in [0.29, 0.717) is 23.1 Å². The first-order valence-electron chi connectivity index (χ1n) is 13.9. The van der Waals surface area contributed by atoms with E-state index in [1.54, 1.807) is 58.1 Å². The number of amides is 4. The van der Waals surface area contributed by atoms with Gasteiger partial charge in [0, 0.05) is 31.4 Å². The van der Waals surface area contributed by atoms with Gasteiger partial charge in [0.2, 0.25) is 0 Å². The number of nitrogens with zero attached hydrogens (tertiary/aromatic N) is 4. The number of carbonyl (C=O) groups is 2. The number of ether oxygens (including phenoxy) is 1. The van der Waals surface area contributed by atoms with E-state index in [-0.39, 0.29) is 33.3 Å². The number of anilines is 3. The Bertz CT molecular complexity index is 1600. The van der Waals surface area contributed by atoms with Crippen LogP contribution in [-0.2, 0) is 6.42 Å². The van der Waals surface area contributed by atoms with Gasteiger partial charge in [0.05, 0.1) is 22.1 Å². The fourth-order valence-electron chi connectivity index (χ4n) is 4.55. The van der Waals surface area contributed by atoms with Gasteiger partial charge >= 0.3 is 12.1 Å². The number of pyridine rings is 1. The highest BCUT2D eigenvalue weighted by Crippen LogP contribution is 2.39. The number of urea groups is 2. The van der Waals surface area contributed by atoms with Crippen LogP contribution in [-0.4, -0.2) is 49.9 Å². The van der Waals surface area contributed by atoms with Gasteiger partial charge < -0.3 is 20.1 Å². The molecule has 1 fully saturated rings. The Morgan fingerprint density at radius 1 is 0.977 bits per heavy atom. The number of aryl methyl sites for hydroxylation is 1. The number of carbonyl (C=O) groups excluding carboxylic acids is 2. The maximum absolute atomic E-state index is 13.0. The van der Waals surface area contributed by atoms with Gasteiger partial charge in [0.15, 0.2) is 0 Å². The summed E-state index contributed by atoms with van der Waals surface area (Å²) in [5.41, 5.74) is 1.77. The second-order valence-electron chi connectivity index (χ2n) is 9.97. The topological polar surface area (TPSA) is 134 Å². The zero-order valence-corrected chi connectivity index (χ0v) is 25.0. The highest BCUT2D eigenvalue weighted by atomic mass is 35.5. The normalized spacial score (nSPS) is 12.7. The van der Waals surface area contributed by atoms with Crippen LogP contribution in [0.3, 0.4) is 0 Å². The van der Waals surface area contributed by atoms with Gasteiger partial charge in [0.25, 0.3) is 0 Å². The average molecular weight is 625 g/mol. The minimum atomic E-state index is -0.555. The maximum atomic E-state index is 13.0. The predicted molar refractivity (Wildman–Crippen MR) is 167 cm³/mol. The molecule has 4 amide bonds. The molecule has 3 heterocycles. The van der Waals surface area contributed by atoms with Crippen LogP contribution in [0, 0.1) is 0 Å². The number of hydrogen-bond acceptors (Lipinski definition) is 6. The van der Waals surface area contributed by atoms with E-state index in [0.717, 1.165) is 50.9 Å². The van der Waals surface area contributed by atoms with Gasteiger partial charge in [-0.1, -0.05) is 36.5 Å². The Morgan fingerprint density at radius 3 is 2.49 bits per heavy atom. The van der Waals surface area contributed by atoms with E-state index in [4.69, 9.17) is 27.9 Å². The molecule has 0 spiro atoms. The van der Waals surface area contributed by atoms with Crippen molar-refractivity contribution in [3.8, 4) is 22.9 Å². The zero-order chi connectivity index (χ0) is 30.3. The lowest BCUT2D eigenvalue weighted by molar-refractivity contribution is 0.222. The number of nitrogens with one attached hydrogen (secondary N) is 3. The van der Waals surface area contributed by atoms with E-state index in [2.05, 4.69) is 33.0 Å². The van der Waals surface area contributed by atoms with Crippen molar-refractivity contribution in [1.82, 2.24) is 19.7 Å². The van der Waals surface area contributed by atoms with E-state index in [1.807, 2.05) is 6.07 Å². The molecule has 0 unspecified atom stereocenters. The molecule has 224 valence electrons. The Balaban J connectivity index is 1.27. The minimum absolute atomic E-state index is 0.0848. The number of halogens is 2. The highest BCUT2D eigenvalue weighted by molar-refractivity contribution is 6.45. The van der Waals surface area contributed by atoms with Crippen LogP contribution in [0.15, 0.2) is 60.8 Å². The molecule has 11 nitrogen and oxygen atoms in total. The molecule has 4 N–H and O–H groups in total. The Hall–Kier alpha value is -4.48. The second kappa shape index (κ2) is 13.7. The number of phenolic OH excluding ortho intramolecular Hbond substituents is 1. The Labute approximate surface area is 258 Å². The molecule has 0 bridgehead atoms. The number of unbranched alkanes of at least 4 members (excludes halogenated alkanes) is 1. The molecular weight excluding hydrogens is 593 g/mol. The maximum Gasteiger partial charge on any atom is 0.324 e. The lowest BCUT2D eigenvalue weighted by Gasteiger charge is -2.16. The number of aromatic nitrogens is 3. The van der Waals surface area contributed by atoms with Crippen molar-refractivity contribution in [2.24, 2.45) is 0 Å². The lowest BCUT2D eigenvalue weighted by atomic mass is 10.2. The Morgan fingerprint density at radius 2 is 1.74 bits per heavy atom. The number of rotatable bonds is 9. The zero-order valence-electron chi connectivity index (χ0n) is 23.4. The van der Waals surface area contributed by atoms with Crippen LogP contribution in [0.4, 0.5) is 26.9 Å². The van der Waals surface area contributed by atoms with E-state index < -0.39 is 6.03 Å². The second-order valence-corrected chi connectivity index (χ2v) is 10.7. The van der Waals surface area contributed by atoms with Crippen molar-refractivity contribution < 1.29 is 19.4 Å². The molecular formula is C30H31Cl2N7O4. The standard InChI is InChI=1S/C30H31Cl2N7O4/c1-2-3-6-19-17-26(39(37-19)20-7-9-21(40)10-8-20)36-29(41)34-23-11-12-24(28(32)27(23)31)43-22-13-14-33-25(18-22)35-30(42)38-15-4-5-16-38/h7-14,17-18,40H,2-6,15-16H2,1H3,(H,33,35,42)(H2,34,36,41). The first kappa shape index (κ1) is 30.0. The van der Waals surface area contributed by atoms with Crippen molar-refractivity contribution in [2.75, 3.05) is 29.0 Å². The fourth-order valence-corrected chi connectivity index (χ4v) is 4.95. The number of aromatic hydroxyl groups is 1. The molecule has 5 rings (SSSR count). The van der Waals surface area contributed by atoms with Crippen molar-refractivity contribution >= 4 is 52.6 Å². The fraction of sp³-hybridized carbons (Fsp3) is 0.267. The third-order valence-electron chi connectivity index (χ3n) is 6.76. The molecule has 2 aromatic carbocycles. The number of benzene rings is 2. The van der Waals surface area contributed by atoms with Crippen LogP contribution in [0.25, 0.3) is 5.69 Å². The third kappa shape index (κ3) is 7.49. The minimum Gasteiger partial charge on any atom is -0.508 e. The summed E-state index contributed by atoms with van der Waals surface area (Å²) in [7, 11) is 0. The third-order valence-corrected chi connectivity index (χ3v) is 7.63. The van der Waals surface area contributed by atoms with Gasteiger partial charge in [-0.25, -0.2) is 19.3 Å². The molecule has 1 saturated heterocycles. The average Bonchev–Trinajstić information content (AvgIpc) is 3.67. The lowest BCUT2D eigenvalue weighted by Crippen LogP contribution is -2.32. The highest BCUT2D eigenvalue weighted by Gasteiger charge is 2.19. The number of likely N-dealkylation sites (tertiary alicyclic amines) is 1. The summed E-state index contributed by atoms with van der Waals surface area (Å²) >= 11 is 13.0. The first-order chi connectivity index (χ1) is 20.8. The molecule has 13 heteroatoms. The molecule has 0 radical (unpaired) electrons. The van der Waals surface area contributed by atoms with Gasteiger partial charge in [-0.15, -0.1) is 0 Å². The van der Waals surface area contributed by atoms with Crippen LogP contribution < -0.4 is 20.7 Å². The molecule has 2 aromatic heterocycles. The molecule has 0 aliphatic carbocycles. The van der Waals surface area contributed by atoms with Crippen LogP contribution in [0.2, 0.25) is 10.0 Å². The quantitative estimate of drug-likeness (QED) is 0.151. The van der Waals surface area contributed by atoms with E-state index >= 15 is 0 Å². The van der Waals surface area contributed by atoms with Gasteiger partial charge in [-0.2, -0.15) is 5.10 Å². The smallest absolute Gasteiger partial charge is 0.324 e. The van der Waals surface area contributed by atoms with Crippen molar-refractivity contribution in [2.45, 2.75) is 39.0 Å². The summed E-state index contributed by atoms with van der Waals surface area (Å²) < 4.78 is 7.53. The van der Waals surface area contributed by atoms with Crippen LogP contribution >= 0.6 is 23.2 Å². The number of phenols is 1. The van der Waals surface area contributed by atoms with Crippen LogP contribution in [0.1, 0.15) is 38.3 Å². The van der Waals surface area contributed by atoms with Gasteiger partial charge in [-0.3, -0.25) is 10.6 Å². The van der Waals surface area contributed by atoms with Crippen molar-refractivity contribution in [3.05, 3.63) is 76.5 Å².